The van der Waals surface area contributed by atoms with Gasteiger partial charge in [-0.2, -0.15) is 0 Å². The maximum absolute atomic E-state index is 13.5. The van der Waals surface area contributed by atoms with Crippen molar-refractivity contribution in [3.63, 3.8) is 0 Å². The Labute approximate surface area is 124 Å². The highest BCUT2D eigenvalue weighted by molar-refractivity contribution is 7.99. The van der Waals surface area contributed by atoms with Crippen LogP contribution in [0, 0.1) is 11.7 Å². The summed E-state index contributed by atoms with van der Waals surface area (Å²) in [5.41, 5.74) is -0.0345. The molecule has 0 saturated heterocycles. The molecule has 1 unspecified atom stereocenters. The van der Waals surface area contributed by atoms with Crippen molar-refractivity contribution >= 4 is 23.4 Å². The number of aromatic nitrogens is 2. The number of nitrogens with one attached hydrogen (secondary N) is 1. The highest BCUT2D eigenvalue weighted by Crippen LogP contribution is 2.25. The van der Waals surface area contributed by atoms with E-state index in [0.717, 1.165) is 0 Å². The van der Waals surface area contributed by atoms with E-state index >= 15 is 0 Å². The van der Waals surface area contributed by atoms with Crippen LogP contribution >= 0.6 is 11.8 Å². The van der Waals surface area contributed by atoms with Gasteiger partial charge >= 0.3 is 0 Å². The number of para-hydroxylation sites is 1. The smallest absolute Gasteiger partial charge is 0.254 e. The molecule has 1 N–H and O–H groups in total. The summed E-state index contributed by atoms with van der Waals surface area (Å²) < 4.78 is 15.0. The van der Waals surface area contributed by atoms with Crippen LogP contribution < -0.4 is 10.9 Å². The number of hydrogen-bond acceptors (Lipinski definition) is 4. The number of carbonyl (C=O) groups excluding carboxylic acids is 1. The number of halogens is 1. The minimum absolute atomic E-state index is 0.150. The molecule has 108 valence electrons. The fourth-order valence-corrected chi connectivity index (χ4v) is 3.17. The third-order valence-corrected chi connectivity index (χ3v) is 4.37. The van der Waals surface area contributed by atoms with E-state index in [0.29, 0.717) is 10.9 Å². The van der Waals surface area contributed by atoms with Gasteiger partial charge in [-0.3, -0.25) is 14.2 Å². The summed E-state index contributed by atoms with van der Waals surface area (Å²) >= 11 is 1.35. The van der Waals surface area contributed by atoms with E-state index in [1.54, 1.807) is 12.1 Å². The monoisotopic (exact) mass is 305 g/mol. The first-order valence-corrected chi connectivity index (χ1v) is 7.38. The zero-order valence-corrected chi connectivity index (χ0v) is 11.8. The molecule has 1 amide bonds. The van der Waals surface area contributed by atoms with Crippen molar-refractivity contribution in [3.8, 4) is 0 Å². The largest absolute Gasteiger partial charge is 0.323 e. The number of carbonyl (C=O) groups is 1. The second kappa shape index (κ2) is 5.69. The Morgan fingerprint density at radius 1 is 1.38 bits per heavy atom. The minimum atomic E-state index is -0.478. The number of thioether (sulfide) groups is 1. The first-order chi connectivity index (χ1) is 10.1. The lowest BCUT2D eigenvalue weighted by Crippen LogP contribution is -2.36. The van der Waals surface area contributed by atoms with Crippen LogP contribution in [0.3, 0.4) is 0 Å². The Morgan fingerprint density at radius 3 is 3.00 bits per heavy atom. The van der Waals surface area contributed by atoms with Crippen LogP contribution in [0.2, 0.25) is 0 Å². The van der Waals surface area contributed by atoms with Crippen molar-refractivity contribution in [2.24, 2.45) is 5.92 Å². The summed E-state index contributed by atoms with van der Waals surface area (Å²) in [6, 6.07) is 7.36. The number of hydrogen-bond donors (Lipinski definition) is 1. The van der Waals surface area contributed by atoms with Gasteiger partial charge in [-0.25, -0.2) is 9.37 Å². The normalized spacial score (nSPS) is 17.1. The van der Waals surface area contributed by atoms with Crippen LogP contribution in [0.15, 0.2) is 46.5 Å². The standard InChI is InChI=1S/C14H12FN3O2S/c15-10-3-1-2-4-11(10)17-13(20)9-7-18-12(19)5-6-16-14(18)21-8-9/h1-6,9H,7-8H2,(H,17,20). The summed E-state index contributed by atoms with van der Waals surface area (Å²) in [7, 11) is 0. The fraction of sp³-hybridized carbons (Fsp3) is 0.214. The Balaban J connectivity index is 1.77. The lowest BCUT2D eigenvalue weighted by molar-refractivity contribution is -0.119. The van der Waals surface area contributed by atoms with Gasteiger partial charge in [0, 0.05) is 24.6 Å². The van der Waals surface area contributed by atoms with Gasteiger partial charge in [-0.15, -0.1) is 0 Å². The molecular formula is C14H12FN3O2S. The predicted molar refractivity (Wildman–Crippen MR) is 77.7 cm³/mol. The lowest BCUT2D eigenvalue weighted by Gasteiger charge is -2.23. The molecule has 2 aromatic rings. The van der Waals surface area contributed by atoms with Crippen LogP contribution in [-0.2, 0) is 11.3 Å². The van der Waals surface area contributed by atoms with E-state index in [1.165, 1.54) is 40.7 Å². The van der Waals surface area contributed by atoms with Gasteiger partial charge in [-0.1, -0.05) is 23.9 Å². The van der Waals surface area contributed by atoms with E-state index in [9.17, 15) is 14.0 Å². The van der Waals surface area contributed by atoms with Crippen molar-refractivity contribution < 1.29 is 9.18 Å². The van der Waals surface area contributed by atoms with Crippen molar-refractivity contribution in [3.05, 3.63) is 52.7 Å². The number of anilines is 1. The van der Waals surface area contributed by atoms with Gasteiger partial charge in [0.15, 0.2) is 5.16 Å². The lowest BCUT2D eigenvalue weighted by atomic mass is 10.1. The fourth-order valence-electron chi connectivity index (χ4n) is 2.11. The number of fused-ring (bicyclic) bond motifs is 1. The predicted octanol–water partition coefficient (Wildman–Crippen LogP) is 1.74. The summed E-state index contributed by atoms with van der Waals surface area (Å²) in [6.45, 7) is 0.259. The van der Waals surface area contributed by atoms with Crippen molar-refractivity contribution in [1.82, 2.24) is 9.55 Å². The van der Waals surface area contributed by atoms with Crippen LogP contribution in [0.1, 0.15) is 0 Å². The zero-order chi connectivity index (χ0) is 14.8. The molecule has 1 aromatic carbocycles. The van der Waals surface area contributed by atoms with Gasteiger partial charge in [-0.05, 0) is 12.1 Å². The van der Waals surface area contributed by atoms with E-state index in [-0.39, 0.29) is 23.7 Å². The van der Waals surface area contributed by atoms with Crippen LogP contribution in [0.25, 0.3) is 0 Å². The van der Waals surface area contributed by atoms with Crippen LogP contribution in [-0.4, -0.2) is 21.2 Å². The summed E-state index contributed by atoms with van der Waals surface area (Å²) in [5.74, 6) is -0.664. The van der Waals surface area contributed by atoms with Crippen molar-refractivity contribution in [2.45, 2.75) is 11.7 Å². The van der Waals surface area contributed by atoms with Gasteiger partial charge in [0.2, 0.25) is 5.91 Å². The minimum Gasteiger partial charge on any atom is -0.323 e. The summed E-state index contributed by atoms with van der Waals surface area (Å²) in [5, 5.41) is 3.18. The molecule has 21 heavy (non-hydrogen) atoms. The number of benzene rings is 1. The summed E-state index contributed by atoms with van der Waals surface area (Å²) in [4.78, 5) is 28.1. The zero-order valence-electron chi connectivity index (χ0n) is 11.0. The van der Waals surface area contributed by atoms with Crippen LogP contribution in [0.4, 0.5) is 10.1 Å². The molecule has 1 aromatic heterocycles. The quantitative estimate of drug-likeness (QED) is 0.859. The maximum atomic E-state index is 13.5. The average molecular weight is 305 g/mol. The Kier molecular flexibility index (Phi) is 3.74. The molecule has 0 bridgehead atoms. The van der Waals surface area contributed by atoms with Gasteiger partial charge in [0.1, 0.15) is 5.82 Å². The number of rotatable bonds is 2. The molecule has 0 spiro atoms. The topological polar surface area (TPSA) is 64.0 Å². The Morgan fingerprint density at radius 2 is 2.19 bits per heavy atom. The van der Waals surface area contributed by atoms with Gasteiger partial charge in [0.25, 0.3) is 5.56 Å². The highest BCUT2D eigenvalue weighted by Gasteiger charge is 2.26. The highest BCUT2D eigenvalue weighted by atomic mass is 32.2. The molecule has 0 saturated carbocycles. The molecule has 1 atom stereocenters. The SMILES string of the molecule is O=C(Nc1ccccc1F)C1CSc2nccc(=O)n2C1. The third-order valence-electron chi connectivity index (χ3n) is 3.22. The molecule has 1 aliphatic rings. The Hall–Kier alpha value is -2.15. The first kappa shape index (κ1) is 13.8. The Bertz CT molecular complexity index is 747. The molecule has 1 aliphatic heterocycles. The average Bonchev–Trinajstić information content (AvgIpc) is 2.50. The first-order valence-electron chi connectivity index (χ1n) is 6.39. The van der Waals surface area contributed by atoms with E-state index in [1.807, 2.05) is 0 Å². The molecule has 2 heterocycles. The molecule has 0 aliphatic carbocycles. The molecule has 0 radical (unpaired) electrons. The number of nitrogens with zero attached hydrogens (tertiary/aromatic N) is 2. The van der Waals surface area contributed by atoms with E-state index < -0.39 is 11.7 Å². The molecule has 0 fully saturated rings. The number of amides is 1. The molecule has 7 heteroatoms. The van der Waals surface area contributed by atoms with Gasteiger partial charge in [0.05, 0.1) is 11.6 Å². The van der Waals surface area contributed by atoms with Crippen molar-refractivity contribution in [1.29, 1.82) is 0 Å². The van der Waals surface area contributed by atoms with Crippen LogP contribution in [0.5, 0.6) is 0 Å². The molecule has 3 rings (SSSR count). The maximum Gasteiger partial charge on any atom is 0.254 e. The molecule has 5 nitrogen and oxygen atoms in total. The second-order valence-electron chi connectivity index (χ2n) is 4.65. The van der Waals surface area contributed by atoms with Gasteiger partial charge < -0.3 is 5.32 Å². The summed E-state index contributed by atoms with van der Waals surface area (Å²) in [6.07, 6.45) is 1.46. The van der Waals surface area contributed by atoms with Crippen molar-refractivity contribution in [2.75, 3.05) is 11.1 Å². The second-order valence-corrected chi connectivity index (χ2v) is 5.64. The van der Waals surface area contributed by atoms with E-state index in [4.69, 9.17) is 0 Å². The molecular weight excluding hydrogens is 293 g/mol. The third kappa shape index (κ3) is 2.82. The van der Waals surface area contributed by atoms with E-state index in [2.05, 4.69) is 10.3 Å².